The first-order valence-corrected chi connectivity index (χ1v) is 14.3. The topological polar surface area (TPSA) is 135 Å². The van der Waals surface area contributed by atoms with Crippen LogP contribution in [0, 0.1) is 29.9 Å². The lowest BCUT2D eigenvalue weighted by Gasteiger charge is -2.36. The third-order valence-electron chi connectivity index (χ3n) is 7.82. The smallest absolute Gasteiger partial charge is 0.269 e. The number of likely N-dealkylation sites (tertiary alicyclic amines) is 1. The summed E-state index contributed by atoms with van der Waals surface area (Å²) in [6.45, 7) is 5.44. The highest BCUT2D eigenvalue weighted by molar-refractivity contribution is 7.10. The normalized spacial score (nSPS) is 22.6. The van der Waals surface area contributed by atoms with Crippen LogP contribution in [0.2, 0.25) is 0 Å². The van der Waals surface area contributed by atoms with Crippen molar-refractivity contribution < 1.29 is 28.5 Å². The Hall–Kier alpha value is -3.87. The summed E-state index contributed by atoms with van der Waals surface area (Å²) in [6, 6.07) is 9.10. The first-order valence-electron chi connectivity index (χ1n) is 13.4. The molecular weight excluding hydrogens is 548 g/mol. The molecular formula is C29H32N4O7S. The van der Waals surface area contributed by atoms with Crippen molar-refractivity contribution in [1.29, 1.82) is 0 Å². The van der Waals surface area contributed by atoms with E-state index in [0.717, 1.165) is 10.4 Å². The molecule has 5 rings (SSSR count). The van der Waals surface area contributed by atoms with Crippen molar-refractivity contribution in [2.24, 2.45) is 5.92 Å². The van der Waals surface area contributed by atoms with Crippen LogP contribution in [0.3, 0.4) is 0 Å². The van der Waals surface area contributed by atoms with Crippen LogP contribution < -0.4 is 5.32 Å². The van der Waals surface area contributed by atoms with Crippen molar-refractivity contribution >= 4 is 34.6 Å². The zero-order valence-electron chi connectivity index (χ0n) is 23.1. The zero-order chi connectivity index (χ0) is 29.3. The number of carbonyl (C=O) groups is 3. The van der Waals surface area contributed by atoms with Gasteiger partial charge in [-0.2, -0.15) is 0 Å². The molecule has 0 bridgehead atoms. The summed E-state index contributed by atoms with van der Waals surface area (Å²) in [5.74, 6) is -2.16. The van der Waals surface area contributed by atoms with E-state index in [0.29, 0.717) is 37.5 Å². The van der Waals surface area contributed by atoms with Gasteiger partial charge in [0.2, 0.25) is 17.6 Å². The number of benzene rings is 1. The Morgan fingerprint density at radius 3 is 2.51 bits per heavy atom. The van der Waals surface area contributed by atoms with Gasteiger partial charge in [-0.05, 0) is 48.6 Å². The van der Waals surface area contributed by atoms with Crippen molar-refractivity contribution in [3.05, 3.63) is 85.5 Å². The van der Waals surface area contributed by atoms with E-state index in [9.17, 15) is 24.5 Å². The first kappa shape index (κ1) is 28.7. The number of carbonyl (C=O) groups excluding carboxylic acids is 3. The fourth-order valence-electron chi connectivity index (χ4n) is 6.03. The van der Waals surface area contributed by atoms with Gasteiger partial charge in [0.05, 0.1) is 16.9 Å². The van der Waals surface area contributed by atoms with Crippen LogP contribution in [-0.4, -0.2) is 78.3 Å². The second kappa shape index (κ2) is 11.9. The number of ether oxygens (including phenoxy) is 1. The predicted molar refractivity (Wildman–Crippen MR) is 151 cm³/mol. The molecule has 3 aromatic rings. The quantitative estimate of drug-likeness (QED) is 0.243. The van der Waals surface area contributed by atoms with Gasteiger partial charge in [-0.25, -0.2) is 0 Å². The molecule has 0 spiro atoms. The van der Waals surface area contributed by atoms with Crippen LogP contribution in [0.5, 0.6) is 0 Å². The van der Waals surface area contributed by atoms with Crippen molar-refractivity contribution in [3.8, 4) is 0 Å². The molecule has 0 radical (unpaired) electrons. The van der Waals surface area contributed by atoms with Gasteiger partial charge in [0, 0.05) is 56.2 Å². The Bertz CT molecular complexity index is 1460. The van der Waals surface area contributed by atoms with Gasteiger partial charge < -0.3 is 24.3 Å². The first-order chi connectivity index (χ1) is 19.7. The maximum atomic E-state index is 14.4. The van der Waals surface area contributed by atoms with E-state index < -0.39 is 34.7 Å². The summed E-state index contributed by atoms with van der Waals surface area (Å²) in [5.41, 5.74) is 1.10. The molecule has 4 atom stereocenters. The minimum atomic E-state index is -1.04. The third-order valence-corrected chi connectivity index (χ3v) is 8.94. The average molecular weight is 581 g/mol. The lowest BCUT2D eigenvalue weighted by atomic mass is 9.78. The van der Waals surface area contributed by atoms with Gasteiger partial charge in [-0.1, -0.05) is 12.1 Å². The van der Waals surface area contributed by atoms with Crippen LogP contribution in [-0.2, 0) is 14.3 Å². The van der Waals surface area contributed by atoms with Gasteiger partial charge in [-0.15, -0.1) is 11.3 Å². The monoisotopic (exact) mass is 580 g/mol. The molecule has 2 aliphatic rings. The molecule has 216 valence electrons. The third kappa shape index (κ3) is 5.42. The van der Waals surface area contributed by atoms with E-state index in [1.807, 2.05) is 18.4 Å². The summed E-state index contributed by atoms with van der Waals surface area (Å²) < 4.78 is 11.0. The van der Waals surface area contributed by atoms with Gasteiger partial charge in [0.15, 0.2) is 5.76 Å². The van der Waals surface area contributed by atoms with E-state index >= 15 is 0 Å². The Balaban J connectivity index is 1.77. The number of aryl methyl sites for hydroxylation is 2. The molecule has 11 nitrogen and oxygen atoms in total. The van der Waals surface area contributed by atoms with Crippen LogP contribution in [0.4, 0.5) is 5.69 Å². The Labute approximate surface area is 241 Å². The number of rotatable bonds is 8. The minimum Gasteiger partial charge on any atom is -0.458 e. The average Bonchev–Trinajstić information content (AvgIpc) is 3.69. The van der Waals surface area contributed by atoms with Gasteiger partial charge >= 0.3 is 0 Å². The lowest BCUT2D eigenvalue weighted by Crippen LogP contribution is -2.55. The van der Waals surface area contributed by atoms with Crippen molar-refractivity contribution in [1.82, 2.24) is 15.1 Å². The SMILES string of the molecule is COCC(=O)N1C(C(=O)N2CCNCC2)C(c2sccc2C)C(C(=O)c2ccc(C)o2)C1c1cccc([N+](=O)[O-])c1. The number of hydrogen-bond donors (Lipinski definition) is 1. The van der Waals surface area contributed by atoms with E-state index in [-0.39, 0.29) is 29.7 Å². The van der Waals surface area contributed by atoms with Crippen molar-refractivity contribution in [2.45, 2.75) is 31.8 Å². The molecule has 2 amide bonds. The number of amides is 2. The van der Waals surface area contributed by atoms with Crippen LogP contribution >= 0.6 is 11.3 Å². The van der Waals surface area contributed by atoms with Gasteiger partial charge in [0.25, 0.3) is 5.69 Å². The van der Waals surface area contributed by atoms with Crippen LogP contribution in [0.25, 0.3) is 0 Å². The highest BCUT2D eigenvalue weighted by Gasteiger charge is 2.59. The molecule has 4 heterocycles. The number of nitro groups is 1. The summed E-state index contributed by atoms with van der Waals surface area (Å²) in [6.07, 6.45) is 0. The predicted octanol–water partition coefficient (Wildman–Crippen LogP) is 3.48. The largest absolute Gasteiger partial charge is 0.458 e. The number of nitro benzene ring substituents is 1. The fourth-order valence-corrected chi connectivity index (χ4v) is 7.13. The minimum absolute atomic E-state index is 0.108. The standard InChI is InChI=1S/C29H32N4O7S/c1-17-9-14-41-28(17)24-23(27(35)21-8-7-18(2)40-21)25(19-5-4-6-20(15-19)33(37)38)32(22(34)16-39-3)26(24)29(36)31-12-10-30-11-13-31/h4-9,14-15,23-26,30H,10-13,16H2,1-3H3. The number of furan rings is 1. The molecule has 2 fully saturated rings. The Morgan fingerprint density at radius 2 is 1.90 bits per heavy atom. The van der Waals surface area contributed by atoms with E-state index in [2.05, 4.69) is 5.32 Å². The van der Waals surface area contributed by atoms with Crippen molar-refractivity contribution in [2.75, 3.05) is 39.9 Å². The molecule has 2 aromatic heterocycles. The molecule has 2 aliphatic heterocycles. The molecule has 0 aliphatic carbocycles. The lowest BCUT2D eigenvalue weighted by molar-refractivity contribution is -0.385. The maximum Gasteiger partial charge on any atom is 0.269 e. The van der Waals surface area contributed by atoms with E-state index in [1.165, 1.54) is 41.5 Å². The number of non-ortho nitro benzene ring substituents is 1. The van der Waals surface area contributed by atoms with Crippen molar-refractivity contribution in [3.63, 3.8) is 0 Å². The Morgan fingerprint density at radius 1 is 1.15 bits per heavy atom. The van der Waals surface area contributed by atoms with Gasteiger partial charge in [-0.3, -0.25) is 24.5 Å². The number of methoxy groups -OCH3 is 1. The number of ketones is 1. The number of piperazine rings is 1. The second-order valence-electron chi connectivity index (χ2n) is 10.3. The summed E-state index contributed by atoms with van der Waals surface area (Å²) in [7, 11) is 1.39. The second-order valence-corrected chi connectivity index (χ2v) is 11.3. The molecule has 4 unspecified atom stereocenters. The number of thiophene rings is 1. The van der Waals surface area contributed by atoms with Gasteiger partial charge in [0.1, 0.15) is 18.4 Å². The molecule has 1 N–H and O–H groups in total. The molecule has 1 aromatic carbocycles. The molecule has 41 heavy (non-hydrogen) atoms. The molecule has 12 heteroatoms. The van der Waals surface area contributed by atoms with E-state index in [4.69, 9.17) is 9.15 Å². The number of nitrogens with one attached hydrogen (secondary N) is 1. The van der Waals surface area contributed by atoms with Crippen LogP contribution in [0.1, 0.15) is 44.3 Å². The highest BCUT2D eigenvalue weighted by atomic mass is 32.1. The summed E-state index contributed by atoms with van der Waals surface area (Å²) in [4.78, 5) is 58.0. The summed E-state index contributed by atoms with van der Waals surface area (Å²) in [5, 5.41) is 16.9. The maximum absolute atomic E-state index is 14.4. The van der Waals surface area contributed by atoms with E-state index in [1.54, 1.807) is 30.0 Å². The molecule has 2 saturated heterocycles. The fraction of sp³-hybridized carbons (Fsp3) is 0.414. The van der Waals surface area contributed by atoms with Crippen LogP contribution in [0.15, 0.2) is 52.3 Å². The Kier molecular flexibility index (Phi) is 8.34. The summed E-state index contributed by atoms with van der Waals surface area (Å²) >= 11 is 1.43. The molecule has 0 saturated carbocycles. The number of Topliss-reactive ketones (excluding diaryl/α,β-unsaturated/α-hetero) is 1. The number of nitrogens with zero attached hydrogens (tertiary/aromatic N) is 3. The zero-order valence-corrected chi connectivity index (χ0v) is 23.9. The highest BCUT2D eigenvalue weighted by Crippen LogP contribution is 2.53. The number of hydrogen-bond acceptors (Lipinski definition) is 9.